The van der Waals surface area contributed by atoms with Crippen LogP contribution < -0.4 is 0 Å². The van der Waals surface area contributed by atoms with E-state index in [4.69, 9.17) is 16.3 Å². The molecule has 15 heavy (non-hydrogen) atoms. The normalized spacial score (nSPS) is 11.5. The molecule has 1 aromatic carbocycles. The minimum absolute atomic E-state index is 0.0492. The minimum Gasteiger partial charge on any atom is -0.368 e. The van der Waals surface area contributed by atoms with E-state index < -0.39 is 5.60 Å². The summed E-state index contributed by atoms with van der Waals surface area (Å²) in [6.07, 6.45) is 0. The van der Waals surface area contributed by atoms with Crippen LogP contribution in [0.2, 0.25) is 5.02 Å². The molecule has 0 spiro atoms. The molecule has 0 aliphatic heterocycles. The van der Waals surface area contributed by atoms with Crippen LogP contribution in [0.15, 0.2) is 24.3 Å². The van der Waals surface area contributed by atoms with Crippen LogP contribution in [0.4, 0.5) is 0 Å². The van der Waals surface area contributed by atoms with E-state index in [9.17, 15) is 4.79 Å². The Morgan fingerprint density at radius 1 is 1.47 bits per heavy atom. The number of Topliss-reactive ketones (excluding diaryl/α,β-unsaturated/α-hetero) is 1. The van der Waals surface area contributed by atoms with Crippen molar-refractivity contribution in [3.05, 3.63) is 34.9 Å². The second kappa shape index (κ2) is 4.77. The van der Waals surface area contributed by atoms with Crippen LogP contribution in [0.3, 0.4) is 0 Å². The first-order valence-corrected chi connectivity index (χ1v) is 5.29. The van der Waals surface area contributed by atoms with E-state index in [-0.39, 0.29) is 5.78 Å². The zero-order valence-corrected chi connectivity index (χ0v) is 9.97. The van der Waals surface area contributed by atoms with Gasteiger partial charge in [-0.3, -0.25) is 4.79 Å². The molecule has 0 atom stereocenters. The summed E-state index contributed by atoms with van der Waals surface area (Å²) in [7, 11) is 0. The van der Waals surface area contributed by atoms with Crippen molar-refractivity contribution >= 4 is 17.4 Å². The van der Waals surface area contributed by atoms with Crippen LogP contribution in [-0.2, 0) is 4.74 Å². The molecule has 0 fully saturated rings. The van der Waals surface area contributed by atoms with E-state index in [0.717, 1.165) is 0 Å². The predicted octanol–water partition coefficient (Wildman–Crippen LogP) is 3.34. The summed E-state index contributed by atoms with van der Waals surface area (Å²) >= 11 is 5.82. The van der Waals surface area contributed by atoms with Crippen molar-refractivity contribution in [2.75, 3.05) is 6.61 Å². The van der Waals surface area contributed by atoms with E-state index in [1.165, 1.54) is 0 Å². The van der Waals surface area contributed by atoms with Crippen LogP contribution in [-0.4, -0.2) is 18.0 Å². The fourth-order valence-electron chi connectivity index (χ4n) is 1.40. The van der Waals surface area contributed by atoms with Crippen molar-refractivity contribution in [3.63, 3.8) is 0 Å². The number of ketones is 1. The molecule has 0 saturated carbocycles. The Bertz CT molecular complexity index is 358. The number of rotatable bonds is 4. The van der Waals surface area contributed by atoms with Gasteiger partial charge in [0.2, 0.25) is 0 Å². The average molecular weight is 227 g/mol. The summed E-state index contributed by atoms with van der Waals surface area (Å²) in [5.74, 6) is -0.0492. The fourth-order valence-corrected chi connectivity index (χ4v) is 1.59. The lowest BCUT2D eigenvalue weighted by Gasteiger charge is -2.23. The van der Waals surface area contributed by atoms with Crippen LogP contribution in [0, 0.1) is 0 Å². The largest absolute Gasteiger partial charge is 0.368 e. The second-order valence-corrected chi connectivity index (χ2v) is 4.22. The standard InChI is InChI=1S/C12H15ClO2/c1-4-15-12(2,3)11(14)9-6-5-7-10(13)8-9/h5-8H,4H2,1-3H3. The molecule has 0 bridgehead atoms. The SMILES string of the molecule is CCOC(C)(C)C(=O)c1cccc(Cl)c1. The molecule has 1 rings (SSSR count). The van der Waals surface area contributed by atoms with Gasteiger partial charge in [-0.2, -0.15) is 0 Å². The minimum atomic E-state index is -0.792. The maximum Gasteiger partial charge on any atom is 0.194 e. The molecule has 0 aliphatic rings. The van der Waals surface area contributed by atoms with Gasteiger partial charge in [0.1, 0.15) is 5.60 Å². The first kappa shape index (κ1) is 12.2. The smallest absolute Gasteiger partial charge is 0.194 e. The lowest BCUT2D eigenvalue weighted by molar-refractivity contribution is 0.00126. The maximum absolute atomic E-state index is 12.0. The molecule has 0 amide bonds. The molecule has 1 aromatic rings. The van der Waals surface area contributed by atoms with Crippen LogP contribution in [0.1, 0.15) is 31.1 Å². The van der Waals surface area contributed by atoms with Crippen molar-refractivity contribution in [3.8, 4) is 0 Å². The fraction of sp³-hybridized carbons (Fsp3) is 0.417. The second-order valence-electron chi connectivity index (χ2n) is 3.78. The zero-order chi connectivity index (χ0) is 11.5. The Morgan fingerprint density at radius 2 is 2.13 bits per heavy atom. The lowest BCUT2D eigenvalue weighted by Crippen LogP contribution is -2.35. The molecule has 3 heteroatoms. The van der Waals surface area contributed by atoms with Gasteiger partial charge in [-0.15, -0.1) is 0 Å². The van der Waals surface area contributed by atoms with Crippen molar-refractivity contribution in [1.29, 1.82) is 0 Å². The monoisotopic (exact) mass is 226 g/mol. The lowest BCUT2D eigenvalue weighted by atomic mass is 9.96. The third kappa shape index (κ3) is 3.05. The number of carbonyl (C=O) groups excluding carboxylic acids is 1. The topological polar surface area (TPSA) is 26.3 Å². The summed E-state index contributed by atoms with van der Waals surface area (Å²) < 4.78 is 5.39. The van der Waals surface area contributed by atoms with Crippen LogP contribution in [0.25, 0.3) is 0 Å². The van der Waals surface area contributed by atoms with Gasteiger partial charge in [-0.05, 0) is 32.9 Å². The van der Waals surface area contributed by atoms with Gasteiger partial charge in [-0.1, -0.05) is 23.7 Å². The molecule has 0 unspecified atom stereocenters. The Balaban J connectivity index is 2.94. The van der Waals surface area contributed by atoms with Gasteiger partial charge in [0.15, 0.2) is 5.78 Å². The van der Waals surface area contributed by atoms with Crippen molar-refractivity contribution in [2.45, 2.75) is 26.4 Å². The number of halogens is 1. The highest BCUT2D eigenvalue weighted by Gasteiger charge is 2.28. The van der Waals surface area contributed by atoms with Crippen LogP contribution in [0.5, 0.6) is 0 Å². The quantitative estimate of drug-likeness (QED) is 0.736. The number of benzene rings is 1. The maximum atomic E-state index is 12.0. The molecule has 82 valence electrons. The highest BCUT2D eigenvalue weighted by Crippen LogP contribution is 2.19. The van der Waals surface area contributed by atoms with Crippen LogP contribution >= 0.6 is 11.6 Å². The third-order valence-electron chi connectivity index (χ3n) is 2.14. The van der Waals surface area contributed by atoms with E-state index in [2.05, 4.69) is 0 Å². The molecular formula is C12H15ClO2. The van der Waals surface area contributed by atoms with Gasteiger partial charge < -0.3 is 4.74 Å². The number of carbonyl (C=O) groups is 1. The van der Waals surface area contributed by atoms with Crippen molar-refractivity contribution in [2.24, 2.45) is 0 Å². The third-order valence-corrected chi connectivity index (χ3v) is 2.37. The molecule has 0 saturated heterocycles. The predicted molar refractivity (Wildman–Crippen MR) is 61.5 cm³/mol. The van der Waals surface area contributed by atoms with Crippen molar-refractivity contribution < 1.29 is 9.53 Å². The first-order chi connectivity index (χ1) is 6.97. The van der Waals surface area contributed by atoms with Gasteiger partial charge in [-0.25, -0.2) is 0 Å². The highest BCUT2D eigenvalue weighted by atomic mass is 35.5. The first-order valence-electron chi connectivity index (χ1n) is 4.91. The molecule has 0 heterocycles. The molecular weight excluding hydrogens is 212 g/mol. The van der Waals surface area contributed by atoms with Gasteiger partial charge in [0.25, 0.3) is 0 Å². The van der Waals surface area contributed by atoms with Gasteiger partial charge >= 0.3 is 0 Å². The summed E-state index contributed by atoms with van der Waals surface area (Å²) in [5.41, 5.74) is -0.208. The number of hydrogen-bond acceptors (Lipinski definition) is 2. The van der Waals surface area contributed by atoms with E-state index >= 15 is 0 Å². The molecule has 0 N–H and O–H groups in total. The van der Waals surface area contributed by atoms with Crippen molar-refractivity contribution in [1.82, 2.24) is 0 Å². The van der Waals surface area contributed by atoms with Gasteiger partial charge in [0, 0.05) is 17.2 Å². The van der Waals surface area contributed by atoms with E-state index in [1.54, 1.807) is 38.1 Å². The Kier molecular flexibility index (Phi) is 3.89. The number of ether oxygens (including phenoxy) is 1. The van der Waals surface area contributed by atoms with E-state index in [0.29, 0.717) is 17.2 Å². The zero-order valence-electron chi connectivity index (χ0n) is 9.21. The highest BCUT2D eigenvalue weighted by molar-refractivity contribution is 6.31. The average Bonchev–Trinajstić information content (AvgIpc) is 2.16. The Labute approximate surface area is 95.2 Å². The molecule has 0 aromatic heterocycles. The molecule has 2 nitrogen and oxygen atoms in total. The van der Waals surface area contributed by atoms with Gasteiger partial charge in [0.05, 0.1) is 0 Å². The summed E-state index contributed by atoms with van der Waals surface area (Å²) in [6.45, 7) is 5.91. The summed E-state index contributed by atoms with van der Waals surface area (Å²) in [5, 5.41) is 0.563. The molecule has 0 aliphatic carbocycles. The summed E-state index contributed by atoms with van der Waals surface area (Å²) in [4.78, 5) is 12.0. The Hall–Kier alpha value is -0.860. The summed E-state index contributed by atoms with van der Waals surface area (Å²) in [6, 6.07) is 6.91. The Morgan fingerprint density at radius 3 is 2.67 bits per heavy atom. The van der Waals surface area contributed by atoms with E-state index in [1.807, 2.05) is 6.92 Å². The molecule has 0 radical (unpaired) electrons. The number of hydrogen-bond donors (Lipinski definition) is 0.